The highest BCUT2D eigenvalue weighted by molar-refractivity contribution is 7.86. The highest BCUT2D eigenvalue weighted by Crippen LogP contribution is 2.35. The number of aromatic nitrogens is 9. The number of nitrogens with zero attached hydrogens (tertiary/aromatic N) is 9. The lowest BCUT2D eigenvalue weighted by atomic mass is 9.76. The van der Waals surface area contributed by atoms with Crippen LogP contribution in [-0.4, -0.2) is 94.3 Å². The van der Waals surface area contributed by atoms with Gasteiger partial charge >= 0.3 is 0 Å². The molecule has 1 saturated carbocycles. The normalized spacial score (nSPS) is 15.4. The molecule has 3 aromatic heterocycles. The van der Waals surface area contributed by atoms with Crippen LogP contribution in [0.15, 0.2) is 18.6 Å². The maximum atomic E-state index is 11.9. The summed E-state index contributed by atoms with van der Waals surface area (Å²) < 4.78 is 43.2. The molecule has 1 atom stereocenters. The van der Waals surface area contributed by atoms with E-state index in [1.165, 1.54) is 96.3 Å². The molecule has 1 unspecified atom stereocenters. The first-order valence-corrected chi connectivity index (χ1v) is 43.7. The van der Waals surface area contributed by atoms with Crippen LogP contribution in [0.5, 0.6) is 0 Å². The highest BCUT2D eigenvalue weighted by atomic mass is 32.2. The van der Waals surface area contributed by atoms with E-state index in [2.05, 4.69) is 240 Å². The molecule has 19 heteroatoms. The van der Waals surface area contributed by atoms with E-state index in [0.29, 0.717) is 94.9 Å². The molecule has 1 aliphatic rings. The average Bonchev–Trinajstić information content (AvgIpc) is 1.28. The lowest BCUT2D eigenvalue weighted by Gasteiger charge is -2.33. The van der Waals surface area contributed by atoms with Crippen LogP contribution in [0.1, 0.15) is 411 Å². The topological polar surface area (TPSA) is 226 Å². The van der Waals surface area contributed by atoms with Crippen molar-refractivity contribution in [2.24, 2.45) is 60.1 Å². The number of amides is 2. The van der Waals surface area contributed by atoms with E-state index < -0.39 is 20.8 Å². The molecule has 0 aromatic carbocycles. The summed E-state index contributed by atoms with van der Waals surface area (Å²) in [7, 11) is -3.94. The standard InChI is InChI=1S/C21H40N4O2.C21H40N4.C20H38N4O.C13H28O3S.C13H28/c1-20(2,3)11-9-7-8-10-19(26)22-16-18-17-25(24-23-18)13-15-27-14-12-21(4,5)6;1-20(2,3)12-7-13-25-16-19(23-24-25)15-22-18-10-8-17(9-11-18)14-21(4,5)6;1-19(2,3)12-9-7-8-11-18(25)21-15-17-16-24(23-22-17)14-10-13-20(4,5)6;1-12(2,3)10-8-7-9-11(13(4,5)6)17(14,15)16;1-12(2,3)10-8-7-9-11-13(4,5)6/h17H,7-16H2,1-6H3,(H,22,26);16-18,22H,7-15H2,1-6H3;16H,7-15H2,1-6H3,(H,21,25);11H,7-10H2,1-6H3,(H,14,15,16);7-11H2,1-6H3. The van der Waals surface area contributed by atoms with Gasteiger partial charge in [-0.25, -0.2) is 4.68 Å². The number of nitrogens with one attached hydrogen (secondary N) is 3. The second-order valence-electron chi connectivity index (χ2n) is 43.7. The Balaban J connectivity index is 0.00000134. The van der Waals surface area contributed by atoms with E-state index in [1.807, 2.05) is 42.5 Å². The van der Waals surface area contributed by atoms with Gasteiger partial charge in [0.2, 0.25) is 11.8 Å². The van der Waals surface area contributed by atoms with Gasteiger partial charge in [-0.05, 0) is 176 Å². The smallest absolute Gasteiger partial charge is 0.268 e. The van der Waals surface area contributed by atoms with E-state index >= 15 is 0 Å². The fraction of sp³-hybridized carbons (Fsp3) is 0.909. The first-order valence-electron chi connectivity index (χ1n) is 42.2. The Morgan fingerprint density at radius 1 is 0.411 bits per heavy atom. The fourth-order valence-electron chi connectivity index (χ4n) is 12.7. The Hall–Kier alpha value is -3.81. The van der Waals surface area contributed by atoms with Crippen molar-refractivity contribution in [3.8, 4) is 0 Å². The highest BCUT2D eigenvalue weighted by Gasteiger charge is 2.35. The molecule has 107 heavy (non-hydrogen) atoms. The monoisotopic (exact) mass is 1530 g/mol. The molecular weight excluding hydrogens is 1350 g/mol. The Morgan fingerprint density at radius 2 is 0.729 bits per heavy atom. The van der Waals surface area contributed by atoms with Crippen molar-refractivity contribution >= 4 is 21.9 Å². The molecule has 4 rings (SSSR count). The Labute approximate surface area is 660 Å². The van der Waals surface area contributed by atoms with Crippen molar-refractivity contribution < 1.29 is 27.3 Å². The number of hydrogen-bond donors (Lipinski definition) is 4. The molecule has 3 heterocycles. The summed E-state index contributed by atoms with van der Waals surface area (Å²) in [6.45, 7) is 72.6. The molecular formula is C88H174N12O6S. The third-order valence-corrected chi connectivity index (χ3v) is 20.7. The van der Waals surface area contributed by atoms with Gasteiger partial charge in [-0.1, -0.05) is 281 Å². The van der Waals surface area contributed by atoms with Crippen LogP contribution in [-0.2, 0) is 63.7 Å². The number of ether oxygens (including phenoxy) is 1. The third-order valence-electron chi connectivity index (χ3n) is 19.1. The van der Waals surface area contributed by atoms with Crippen LogP contribution >= 0.6 is 0 Å². The summed E-state index contributed by atoms with van der Waals surface area (Å²) in [6.07, 6.45) is 38.9. The number of hydrogen-bond acceptors (Lipinski definition) is 12. The van der Waals surface area contributed by atoms with E-state index in [1.54, 1.807) is 4.68 Å². The predicted molar refractivity (Wildman–Crippen MR) is 452 cm³/mol. The molecule has 3 aromatic rings. The summed E-state index contributed by atoms with van der Waals surface area (Å²) in [5, 5.41) is 34.0. The molecule has 0 bridgehead atoms. The van der Waals surface area contributed by atoms with Crippen molar-refractivity contribution in [1.82, 2.24) is 60.9 Å². The second-order valence-corrected chi connectivity index (χ2v) is 45.3. The van der Waals surface area contributed by atoms with Crippen LogP contribution < -0.4 is 16.0 Å². The van der Waals surface area contributed by atoms with Gasteiger partial charge in [0.1, 0.15) is 11.4 Å². The molecule has 628 valence electrons. The van der Waals surface area contributed by atoms with Gasteiger partial charge in [0.25, 0.3) is 10.1 Å². The first-order chi connectivity index (χ1) is 48.8. The van der Waals surface area contributed by atoms with Crippen LogP contribution in [0.3, 0.4) is 0 Å². The van der Waals surface area contributed by atoms with Crippen LogP contribution in [0.2, 0.25) is 0 Å². The van der Waals surface area contributed by atoms with Gasteiger partial charge in [-0.15, -0.1) is 15.3 Å². The van der Waals surface area contributed by atoms with Crippen molar-refractivity contribution in [2.75, 3.05) is 13.2 Å². The first kappa shape index (κ1) is 103. The number of rotatable bonds is 38. The maximum absolute atomic E-state index is 11.9. The molecule has 0 radical (unpaired) electrons. The lowest BCUT2D eigenvalue weighted by molar-refractivity contribution is -0.122. The van der Waals surface area contributed by atoms with E-state index in [0.717, 1.165) is 120 Å². The molecule has 4 N–H and O–H groups in total. The Bertz CT molecular complexity index is 2850. The largest absolute Gasteiger partial charge is 0.380 e. The van der Waals surface area contributed by atoms with Gasteiger partial charge in [0.05, 0.1) is 49.6 Å². The molecule has 0 spiro atoms. The molecule has 1 aliphatic carbocycles. The number of aryl methyl sites for hydroxylation is 2. The molecule has 0 saturated heterocycles. The summed E-state index contributed by atoms with van der Waals surface area (Å²) in [5.74, 6) is 1.12. The Kier molecular flexibility index (Phi) is 47.9. The predicted octanol–water partition coefficient (Wildman–Crippen LogP) is 23.2. The minimum absolute atomic E-state index is 0.0887. The lowest BCUT2D eigenvalue weighted by Crippen LogP contribution is -2.34. The summed E-state index contributed by atoms with van der Waals surface area (Å²) in [4.78, 5) is 23.8. The van der Waals surface area contributed by atoms with Crippen LogP contribution in [0, 0.1) is 60.1 Å². The molecule has 1 fully saturated rings. The van der Waals surface area contributed by atoms with Crippen molar-refractivity contribution in [3.05, 3.63) is 35.7 Å². The van der Waals surface area contributed by atoms with E-state index in [-0.39, 0.29) is 17.2 Å². The number of carbonyl (C=O) groups is 2. The van der Waals surface area contributed by atoms with Gasteiger partial charge in [-0.3, -0.25) is 23.5 Å². The van der Waals surface area contributed by atoms with Crippen molar-refractivity contribution in [3.63, 3.8) is 0 Å². The Morgan fingerprint density at radius 3 is 1.06 bits per heavy atom. The van der Waals surface area contributed by atoms with Gasteiger partial charge in [0.15, 0.2) is 0 Å². The SMILES string of the molecule is CC(C)(C)CCCCC(C(C)(C)C)S(=O)(=O)O.CC(C)(C)CCCCCC(=O)NCc1cn(CCCC(C)(C)C)nn1.CC(C)(C)CCCCCC(=O)NCc1cn(CCOCCC(C)(C)C)nn1.CC(C)(C)CCCCCC(C)(C)C.CC(C)(C)CCCn1cc(CNC2CCC(CC(C)(C)C)CC2)nn1. The molecule has 18 nitrogen and oxygen atoms in total. The summed E-state index contributed by atoms with van der Waals surface area (Å²) in [5.41, 5.74) is 5.92. The van der Waals surface area contributed by atoms with E-state index in [9.17, 15) is 22.6 Å². The number of carbonyl (C=O) groups excluding carboxylic acids is 2. The van der Waals surface area contributed by atoms with Gasteiger partial charge in [-0.2, -0.15) is 8.42 Å². The molecule has 0 aliphatic heterocycles. The average molecular weight is 1530 g/mol. The maximum Gasteiger partial charge on any atom is 0.268 e. The zero-order valence-corrected chi connectivity index (χ0v) is 76.4. The third kappa shape index (κ3) is 66.5. The second kappa shape index (κ2) is 49.6. The van der Waals surface area contributed by atoms with Crippen molar-refractivity contribution in [2.45, 2.75) is 444 Å². The fourth-order valence-corrected chi connectivity index (χ4v) is 14.1. The number of unbranched alkanes of at least 4 members (excludes halogenated alkanes) is 7. The summed E-state index contributed by atoms with van der Waals surface area (Å²) >= 11 is 0. The minimum atomic E-state index is -3.94. The quantitative estimate of drug-likeness (QED) is 0.0310. The van der Waals surface area contributed by atoms with Gasteiger partial charge in [0, 0.05) is 51.3 Å². The van der Waals surface area contributed by atoms with Gasteiger partial charge < -0.3 is 20.7 Å². The van der Waals surface area contributed by atoms with Crippen LogP contribution in [0.25, 0.3) is 0 Å². The molecule has 2 amide bonds. The van der Waals surface area contributed by atoms with E-state index in [4.69, 9.17) is 4.74 Å². The minimum Gasteiger partial charge on any atom is -0.380 e. The van der Waals surface area contributed by atoms with Crippen LogP contribution in [0.4, 0.5) is 0 Å². The zero-order chi connectivity index (χ0) is 82.2. The zero-order valence-electron chi connectivity index (χ0n) is 75.5. The van der Waals surface area contributed by atoms with Crippen molar-refractivity contribution in [1.29, 1.82) is 0 Å². The summed E-state index contributed by atoms with van der Waals surface area (Å²) in [6, 6.07) is 0.655.